The molecule has 0 radical (unpaired) electrons. The van der Waals surface area contributed by atoms with Gasteiger partial charge in [-0.1, -0.05) is 0 Å². The fourth-order valence-corrected chi connectivity index (χ4v) is 16.6. The molecule has 3 rings (SSSR count). The van der Waals surface area contributed by atoms with Crippen molar-refractivity contribution >= 4 is 0 Å². The minimum atomic E-state index is -2.99. The van der Waals surface area contributed by atoms with Crippen LogP contribution in [0.5, 0.6) is 0 Å². The van der Waals surface area contributed by atoms with Crippen molar-refractivity contribution in [3.05, 3.63) is 108 Å². The van der Waals surface area contributed by atoms with E-state index in [1.165, 1.54) is 23.1 Å². The van der Waals surface area contributed by atoms with Crippen LogP contribution in [0.4, 0.5) is 0 Å². The predicted molar refractivity (Wildman–Crippen MR) is 154 cm³/mol. The molecule has 0 aliphatic rings. The molecule has 2 heteroatoms. The maximum absolute atomic E-state index is 7.33. The molecule has 0 aromatic heterocycles. The van der Waals surface area contributed by atoms with Crippen LogP contribution in [-0.2, 0) is 36.5 Å². The Morgan fingerprint density at radius 3 is 1.11 bits per heavy atom. The summed E-state index contributed by atoms with van der Waals surface area (Å²) in [4.78, 5) is 0. The van der Waals surface area contributed by atoms with E-state index in [1.54, 1.807) is 0 Å². The van der Waals surface area contributed by atoms with Crippen LogP contribution in [0.2, 0.25) is 14.2 Å². The van der Waals surface area contributed by atoms with Gasteiger partial charge in [0.1, 0.15) is 0 Å². The second-order valence-electron chi connectivity index (χ2n) is 12.7. The summed E-state index contributed by atoms with van der Waals surface area (Å²) in [7, 11) is 0. The van der Waals surface area contributed by atoms with Crippen molar-refractivity contribution in [3.8, 4) is 0 Å². The maximum atomic E-state index is 7.33. The van der Waals surface area contributed by atoms with E-state index < -0.39 is 17.0 Å². The van der Waals surface area contributed by atoms with Gasteiger partial charge >= 0.3 is 226 Å². The van der Waals surface area contributed by atoms with Gasteiger partial charge in [-0.25, -0.2) is 0 Å². The number of benzene rings is 3. The van der Waals surface area contributed by atoms with Crippen molar-refractivity contribution < 1.29 is 20.3 Å². The fraction of sp³-hybridized carbons (Fsp3) is 0.471. The molecule has 1 nitrogen and oxygen atoms in total. The van der Waals surface area contributed by atoms with Gasteiger partial charge in [0.2, 0.25) is 0 Å². The quantitative estimate of drug-likeness (QED) is 0.161. The summed E-state index contributed by atoms with van der Waals surface area (Å²) in [6.45, 7) is 17.8. The zero-order valence-corrected chi connectivity index (χ0v) is 25.4. The Hall–Kier alpha value is -1.67. The Bertz CT molecular complexity index is 908. The number of hydrogen-bond donors (Lipinski definition) is 0. The molecule has 0 saturated carbocycles. The van der Waals surface area contributed by atoms with Crippen LogP contribution in [0.3, 0.4) is 0 Å². The van der Waals surface area contributed by atoms with Gasteiger partial charge in [-0.3, -0.25) is 0 Å². The first kappa shape index (κ1) is 28.9. The third kappa shape index (κ3) is 7.67. The van der Waals surface area contributed by atoms with E-state index in [4.69, 9.17) is 3.32 Å². The van der Waals surface area contributed by atoms with Gasteiger partial charge in [-0.05, 0) is 0 Å². The summed E-state index contributed by atoms with van der Waals surface area (Å²) in [5.41, 5.74) is 4.46. The molecule has 0 spiro atoms. The van der Waals surface area contributed by atoms with Crippen LogP contribution in [0.1, 0.15) is 78.0 Å². The molecule has 0 aliphatic carbocycles. The Morgan fingerprint density at radius 2 is 0.833 bits per heavy atom. The number of rotatable bonds is 13. The van der Waals surface area contributed by atoms with Crippen LogP contribution in [0.25, 0.3) is 0 Å². The Labute approximate surface area is 225 Å². The van der Waals surface area contributed by atoms with Gasteiger partial charge in [0, 0.05) is 0 Å². The summed E-state index contributed by atoms with van der Waals surface area (Å²) in [6.07, 6.45) is 2.31. The summed E-state index contributed by atoms with van der Waals surface area (Å²) in [5, 5.41) is 0. The summed E-state index contributed by atoms with van der Waals surface area (Å²) in [6, 6.07) is 33.4. The van der Waals surface area contributed by atoms with E-state index in [1.807, 2.05) is 0 Å². The molecule has 3 aromatic rings. The molecular formula is C34H48OTi. The van der Waals surface area contributed by atoms with Crippen molar-refractivity contribution in [2.45, 2.75) is 91.7 Å². The van der Waals surface area contributed by atoms with Crippen molar-refractivity contribution in [2.75, 3.05) is 6.61 Å². The summed E-state index contributed by atoms with van der Waals surface area (Å²) in [5.74, 6) is 0. The minimum absolute atomic E-state index is 0.0625. The Kier molecular flexibility index (Phi) is 9.84. The van der Waals surface area contributed by atoms with Gasteiger partial charge in [0.15, 0.2) is 0 Å². The first-order valence-corrected chi connectivity index (χ1v) is 17.8. The van der Waals surface area contributed by atoms with Crippen molar-refractivity contribution in [3.63, 3.8) is 0 Å². The van der Waals surface area contributed by atoms with Crippen molar-refractivity contribution in [1.82, 2.24) is 0 Å². The van der Waals surface area contributed by atoms with Crippen LogP contribution in [-0.4, -0.2) is 6.61 Å². The topological polar surface area (TPSA) is 9.23 Å². The average molecular weight is 521 g/mol. The third-order valence-electron chi connectivity index (χ3n) is 7.86. The SMILES string of the molecule is CCCC[O][Ti]([CH2]C(C)(C)c1ccccc1)([CH2]C(C)(C)c1ccccc1)[CH2]C(C)(C)c1ccccc1. The molecule has 0 unspecified atom stereocenters. The Morgan fingerprint density at radius 1 is 0.528 bits per heavy atom. The summed E-state index contributed by atoms with van der Waals surface area (Å²) >= 11 is -2.99. The number of hydrogen-bond acceptors (Lipinski definition) is 1. The molecule has 0 heterocycles. The number of unbranched alkanes of at least 4 members (excludes halogenated alkanes) is 1. The van der Waals surface area contributed by atoms with E-state index in [-0.39, 0.29) is 16.2 Å². The molecule has 0 fully saturated rings. The molecule has 0 N–H and O–H groups in total. The first-order valence-electron chi connectivity index (χ1n) is 13.8. The van der Waals surface area contributed by atoms with Crippen LogP contribution < -0.4 is 0 Å². The fourth-order valence-electron chi connectivity index (χ4n) is 6.16. The van der Waals surface area contributed by atoms with Gasteiger partial charge in [0.05, 0.1) is 0 Å². The van der Waals surface area contributed by atoms with Crippen LogP contribution in [0.15, 0.2) is 91.0 Å². The first-order chi connectivity index (χ1) is 17.0. The zero-order chi connectivity index (χ0) is 26.3. The van der Waals surface area contributed by atoms with E-state index in [0.717, 1.165) is 27.2 Å². The Balaban J connectivity index is 2.09. The molecule has 0 atom stereocenters. The second-order valence-corrected chi connectivity index (χ2v) is 18.5. The van der Waals surface area contributed by atoms with Gasteiger partial charge in [-0.2, -0.15) is 0 Å². The van der Waals surface area contributed by atoms with Crippen LogP contribution >= 0.6 is 0 Å². The molecule has 0 saturated heterocycles. The zero-order valence-electron chi connectivity index (χ0n) is 23.8. The second kappa shape index (κ2) is 12.3. The molecular weight excluding hydrogens is 472 g/mol. The predicted octanol–water partition coefficient (Wildman–Crippen LogP) is 10.1. The molecule has 0 amide bonds. The summed E-state index contributed by atoms with van der Waals surface area (Å²) < 4.78 is 10.8. The molecule has 0 bridgehead atoms. The van der Waals surface area contributed by atoms with Crippen molar-refractivity contribution in [2.24, 2.45) is 0 Å². The molecule has 0 aliphatic heterocycles. The van der Waals surface area contributed by atoms with Gasteiger partial charge < -0.3 is 0 Å². The van der Waals surface area contributed by atoms with E-state index in [9.17, 15) is 0 Å². The van der Waals surface area contributed by atoms with Gasteiger partial charge in [-0.15, -0.1) is 0 Å². The molecule has 3 aromatic carbocycles. The average Bonchev–Trinajstić information content (AvgIpc) is 2.85. The van der Waals surface area contributed by atoms with E-state index >= 15 is 0 Å². The van der Waals surface area contributed by atoms with E-state index in [0.29, 0.717) is 0 Å². The molecule has 194 valence electrons. The standard InChI is InChI=1S/3C10H13.C4H9O.Ti/c3*1-10(2,3)9-7-5-4-6-8-9;1-2-3-4-5;/h3*4-8H,1H2,2-3H3;2-4H2,1H3;/q;;;-1;+1. The van der Waals surface area contributed by atoms with E-state index in [2.05, 4.69) is 139 Å². The molecule has 36 heavy (non-hydrogen) atoms. The normalized spacial score (nSPS) is 13.1. The third-order valence-corrected chi connectivity index (χ3v) is 16.3. The van der Waals surface area contributed by atoms with Crippen LogP contribution in [0, 0.1) is 0 Å². The monoisotopic (exact) mass is 520 g/mol. The van der Waals surface area contributed by atoms with Gasteiger partial charge in [0.25, 0.3) is 0 Å². The van der Waals surface area contributed by atoms with Crippen molar-refractivity contribution in [1.29, 1.82) is 0 Å².